The molecule has 0 atom stereocenters. The number of nitrogens with one attached hydrogen (secondary N) is 1. The summed E-state index contributed by atoms with van der Waals surface area (Å²) in [5, 5.41) is 18.6. The summed E-state index contributed by atoms with van der Waals surface area (Å²) in [5.74, 6) is -0.893. The van der Waals surface area contributed by atoms with Crippen molar-refractivity contribution in [3.05, 3.63) is 64.4 Å². The van der Waals surface area contributed by atoms with Crippen molar-refractivity contribution in [2.24, 2.45) is 0 Å². The van der Waals surface area contributed by atoms with Gasteiger partial charge in [0.1, 0.15) is 0 Å². The molecule has 0 saturated carbocycles. The van der Waals surface area contributed by atoms with Gasteiger partial charge in [0, 0.05) is 17.6 Å². The van der Waals surface area contributed by atoms with Crippen LogP contribution >= 0.6 is 11.3 Å². The Morgan fingerprint density at radius 3 is 2.62 bits per heavy atom. The Hall–Kier alpha value is -2.33. The molecule has 4 heteroatoms. The van der Waals surface area contributed by atoms with Crippen LogP contribution in [0.1, 0.15) is 15.9 Å². The lowest BCUT2D eigenvalue weighted by atomic mass is 10.0. The molecule has 0 amide bonds. The average molecular weight is 297 g/mol. The van der Waals surface area contributed by atoms with Gasteiger partial charge in [-0.15, -0.1) is 0 Å². The van der Waals surface area contributed by atoms with Crippen LogP contribution in [0.15, 0.2) is 53.2 Å². The van der Waals surface area contributed by atoms with Gasteiger partial charge in [-0.25, -0.2) is 4.79 Å². The Labute approximate surface area is 126 Å². The van der Waals surface area contributed by atoms with E-state index in [1.807, 2.05) is 30.3 Å². The molecule has 0 radical (unpaired) electrons. The molecule has 0 aliphatic heterocycles. The minimum Gasteiger partial charge on any atom is -0.478 e. The molecule has 0 unspecified atom stereocenters. The molecule has 3 nitrogen and oxygen atoms in total. The smallest absolute Gasteiger partial charge is 0.336 e. The third kappa shape index (κ3) is 2.90. The predicted octanol–water partition coefficient (Wildman–Crippen LogP) is 4.25. The molecule has 3 rings (SSSR count). The number of aromatic carboxylic acids is 1. The normalized spacial score (nSPS) is 10.7. The van der Waals surface area contributed by atoms with Crippen LogP contribution in [0.5, 0.6) is 0 Å². The molecule has 0 saturated heterocycles. The lowest BCUT2D eigenvalue weighted by molar-refractivity contribution is 0.0699. The van der Waals surface area contributed by atoms with E-state index in [1.165, 1.54) is 5.56 Å². The fourth-order valence-corrected chi connectivity index (χ4v) is 3.12. The molecule has 2 N–H and O–H groups in total. The SMILES string of the molecule is O=C(O)c1ccc(NCCc2ccsc2)c2ccccc12. The Balaban J connectivity index is 1.85. The van der Waals surface area contributed by atoms with Crippen LogP contribution < -0.4 is 5.32 Å². The molecule has 2 aromatic carbocycles. The van der Waals surface area contributed by atoms with Crippen LogP contribution in [0.2, 0.25) is 0 Å². The molecule has 3 aromatic rings. The molecule has 106 valence electrons. The zero-order valence-corrected chi connectivity index (χ0v) is 12.2. The van der Waals surface area contributed by atoms with Gasteiger partial charge >= 0.3 is 5.97 Å². The highest BCUT2D eigenvalue weighted by molar-refractivity contribution is 7.07. The van der Waals surface area contributed by atoms with Crippen molar-refractivity contribution in [2.45, 2.75) is 6.42 Å². The molecular weight excluding hydrogens is 282 g/mol. The topological polar surface area (TPSA) is 49.3 Å². The number of hydrogen-bond acceptors (Lipinski definition) is 3. The Morgan fingerprint density at radius 2 is 1.90 bits per heavy atom. The van der Waals surface area contributed by atoms with Crippen LogP contribution in [0.3, 0.4) is 0 Å². The number of carbonyl (C=O) groups is 1. The second kappa shape index (κ2) is 5.97. The number of benzene rings is 2. The van der Waals surface area contributed by atoms with Crippen LogP contribution in [0.4, 0.5) is 5.69 Å². The number of carboxylic acid groups (broad SMARTS) is 1. The van der Waals surface area contributed by atoms with E-state index in [-0.39, 0.29) is 0 Å². The van der Waals surface area contributed by atoms with Crippen molar-refractivity contribution in [1.82, 2.24) is 0 Å². The van der Waals surface area contributed by atoms with E-state index >= 15 is 0 Å². The summed E-state index contributed by atoms with van der Waals surface area (Å²) in [6.07, 6.45) is 0.957. The van der Waals surface area contributed by atoms with Crippen LogP contribution in [-0.2, 0) is 6.42 Å². The number of rotatable bonds is 5. The number of hydrogen-bond donors (Lipinski definition) is 2. The third-order valence-corrected chi connectivity index (χ3v) is 4.20. The second-order valence-electron chi connectivity index (χ2n) is 4.82. The van der Waals surface area contributed by atoms with Crippen molar-refractivity contribution in [1.29, 1.82) is 0 Å². The number of carboxylic acids is 1. The van der Waals surface area contributed by atoms with Gasteiger partial charge < -0.3 is 10.4 Å². The second-order valence-corrected chi connectivity index (χ2v) is 5.60. The summed E-state index contributed by atoms with van der Waals surface area (Å²) in [5.41, 5.74) is 2.64. The van der Waals surface area contributed by atoms with Gasteiger partial charge in [-0.05, 0) is 46.3 Å². The number of fused-ring (bicyclic) bond motifs is 1. The van der Waals surface area contributed by atoms with Gasteiger partial charge in [0.25, 0.3) is 0 Å². The van der Waals surface area contributed by atoms with E-state index in [4.69, 9.17) is 0 Å². The van der Waals surface area contributed by atoms with Gasteiger partial charge in [-0.2, -0.15) is 11.3 Å². The highest BCUT2D eigenvalue weighted by atomic mass is 32.1. The quantitative estimate of drug-likeness (QED) is 0.740. The zero-order chi connectivity index (χ0) is 14.7. The minimum absolute atomic E-state index is 0.342. The molecular formula is C17H15NO2S. The van der Waals surface area contributed by atoms with Crippen molar-refractivity contribution in [2.75, 3.05) is 11.9 Å². The summed E-state index contributed by atoms with van der Waals surface area (Å²) >= 11 is 1.70. The number of thiophene rings is 1. The van der Waals surface area contributed by atoms with E-state index in [9.17, 15) is 9.90 Å². The first kappa shape index (κ1) is 13.6. The Bertz CT molecular complexity index is 766. The summed E-state index contributed by atoms with van der Waals surface area (Å²) in [4.78, 5) is 11.3. The summed E-state index contributed by atoms with van der Waals surface area (Å²) in [6.45, 7) is 0.827. The van der Waals surface area contributed by atoms with Crippen molar-refractivity contribution < 1.29 is 9.90 Å². The zero-order valence-electron chi connectivity index (χ0n) is 11.4. The van der Waals surface area contributed by atoms with Gasteiger partial charge in [-0.3, -0.25) is 0 Å². The fraction of sp³-hybridized carbons (Fsp3) is 0.118. The first-order valence-electron chi connectivity index (χ1n) is 6.75. The van der Waals surface area contributed by atoms with Crippen molar-refractivity contribution in [3.63, 3.8) is 0 Å². The van der Waals surface area contributed by atoms with Gasteiger partial charge in [0.15, 0.2) is 0 Å². The highest BCUT2D eigenvalue weighted by Gasteiger charge is 2.10. The van der Waals surface area contributed by atoms with Crippen molar-refractivity contribution in [3.8, 4) is 0 Å². The monoisotopic (exact) mass is 297 g/mol. The Kier molecular flexibility index (Phi) is 3.88. The van der Waals surface area contributed by atoms with Crippen LogP contribution in [-0.4, -0.2) is 17.6 Å². The average Bonchev–Trinajstić information content (AvgIpc) is 3.00. The molecule has 0 spiro atoms. The summed E-state index contributed by atoms with van der Waals surface area (Å²) < 4.78 is 0. The van der Waals surface area contributed by atoms with E-state index in [0.717, 1.165) is 29.4 Å². The maximum Gasteiger partial charge on any atom is 0.336 e. The maximum atomic E-state index is 11.3. The first-order valence-corrected chi connectivity index (χ1v) is 7.70. The molecule has 0 aliphatic rings. The highest BCUT2D eigenvalue weighted by Crippen LogP contribution is 2.26. The van der Waals surface area contributed by atoms with E-state index in [0.29, 0.717) is 5.56 Å². The van der Waals surface area contributed by atoms with Gasteiger partial charge in [-0.1, -0.05) is 24.3 Å². The molecule has 0 bridgehead atoms. The fourth-order valence-electron chi connectivity index (χ4n) is 2.42. The first-order chi connectivity index (χ1) is 10.3. The maximum absolute atomic E-state index is 11.3. The predicted molar refractivity (Wildman–Crippen MR) is 87.4 cm³/mol. The van der Waals surface area contributed by atoms with E-state index in [2.05, 4.69) is 22.1 Å². The summed E-state index contributed by atoms with van der Waals surface area (Å²) in [6, 6.07) is 13.2. The largest absolute Gasteiger partial charge is 0.478 e. The van der Waals surface area contributed by atoms with Gasteiger partial charge in [0.05, 0.1) is 5.56 Å². The van der Waals surface area contributed by atoms with E-state index in [1.54, 1.807) is 17.4 Å². The van der Waals surface area contributed by atoms with E-state index < -0.39 is 5.97 Å². The van der Waals surface area contributed by atoms with Crippen LogP contribution in [0, 0.1) is 0 Å². The molecule has 1 aromatic heterocycles. The molecule has 1 heterocycles. The molecule has 21 heavy (non-hydrogen) atoms. The van der Waals surface area contributed by atoms with Crippen LogP contribution in [0.25, 0.3) is 10.8 Å². The standard InChI is InChI=1S/C17H15NO2S/c19-17(20)15-5-6-16(14-4-2-1-3-13(14)15)18-9-7-12-8-10-21-11-12/h1-6,8,10-11,18H,7,9H2,(H,19,20). The lowest BCUT2D eigenvalue weighted by Crippen LogP contribution is -2.06. The number of anilines is 1. The minimum atomic E-state index is -0.893. The lowest BCUT2D eigenvalue weighted by Gasteiger charge is -2.11. The van der Waals surface area contributed by atoms with Gasteiger partial charge in [0.2, 0.25) is 0 Å². The molecule has 0 fully saturated rings. The summed E-state index contributed by atoms with van der Waals surface area (Å²) in [7, 11) is 0. The third-order valence-electron chi connectivity index (χ3n) is 3.46. The Morgan fingerprint density at radius 1 is 1.10 bits per heavy atom. The molecule has 0 aliphatic carbocycles. The van der Waals surface area contributed by atoms with Crippen molar-refractivity contribution >= 4 is 33.8 Å².